The number of aliphatic hydroxyl groups excluding tert-OH is 1. The van der Waals surface area contributed by atoms with Crippen LogP contribution in [0.2, 0.25) is 0 Å². The number of H-pyrrole nitrogens is 1. The second-order valence-corrected chi connectivity index (χ2v) is 6.01. The predicted molar refractivity (Wildman–Crippen MR) is 70.7 cm³/mol. The van der Waals surface area contributed by atoms with Gasteiger partial charge in [0.25, 0.3) is 5.56 Å². The number of imidazole rings is 1. The molecule has 3 rings (SSSR count). The molecular formula is C10H13N4O7P. The molecule has 0 bridgehead atoms. The largest absolute Gasteiger partial charge is 0.469 e. The van der Waals surface area contributed by atoms with Crippen LogP contribution in [-0.2, 0) is 13.8 Å². The molecule has 1 unspecified atom stereocenters. The maximum Gasteiger partial charge on any atom is 0.469 e. The number of aromatic amines is 1. The summed E-state index contributed by atoms with van der Waals surface area (Å²) in [5.74, 6) is 0. The maximum atomic E-state index is 11.6. The van der Waals surface area contributed by atoms with Crippen LogP contribution in [0.5, 0.6) is 0 Å². The molecule has 3 heterocycles. The molecule has 1 saturated heterocycles. The van der Waals surface area contributed by atoms with Gasteiger partial charge in [-0.3, -0.25) is 13.9 Å². The summed E-state index contributed by atoms with van der Waals surface area (Å²) >= 11 is 0. The normalized spacial score (nSPS) is 25.9. The average Bonchev–Trinajstić information content (AvgIpc) is 3.00. The van der Waals surface area contributed by atoms with Gasteiger partial charge in [0.2, 0.25) is 0 Å². The van der Waals surface area contributed by atoms with Gasteiger partial charge in [-0.2, -0.15) is 0 Å². The lowest BCUT2D eigenvalue weighted by molar-refractivity contribution is -0.0424. The van der Waals surface area contributed by atoms with Crippen molar-refractivity contribution in [2.75, 3.05) is 6.61 Å². The van der Waals surface area contributed by atoms with Crippen LogP contribution in [0, 0.1) is 0 Å². The Bertz CT molecular complexity index is 783. The Hall–Kier alpha value is -1.62. The fourth-order valence-electron chi connectivity index (χ4n) is 2.28. The number of nitrogens with one attached hydrogen (secondary N) is 1. The van der Waals surface area contributed by atoms with Gasteiger partial charge in [-0.05, 0) is 0 Å². The number of fused-ring (bicyclic) bond motifs is 1. The summed E-state index contributed by atoms with van der Waals surface area (Å²) in [6.07, 6.45) is 0.182. The first-order valence-electron chi connectivity index (χ1n) is 6.29. The van der Waals surface area contributed by atoms with Crippen molar-refractivity contribution in [3.8, 4) is 0 Å². The molecule has 0 saturated carbocycles. The van der Waals surface area contributed by atoms with Crippen LogP contribution in [0.4, 0.5) is 0 Å². The molecule has 0 aromatic carbocycles. The van der Waals surface area contributed by atoms with Crippen LogP contribution in [0.3, 0.4) is 0 Å². The van der Waals surface area contributed by atoms with Crippen molar-refractivity contribution < 1.29 is 28.7 Å². The number of phosphoric ester groups is 1. The van der Waals surface area contributed by atoms with Gasteiger partial charge in [0, 0.05) is 6.42 Å². The molecule has 0 radical (unpaired) electrons. The van der Waals surface area contributed by atoms with E-state index in [4.69, 9.17) is 14.5 Å². The minimum absolute atomic E-state index is 0.135. The standard InChI is InChI=1S/C10H13N4O7P/c15-5-1-7(21-6(5)2-20-22(17,18)19)14-4-13-8-9(14)11-3-12-10(8)16/h3-7,15H,1-2H2,(H,11,12,16)(H2,17,18,19)/t5?,6-,7-/m1/s1. The molecular weight excluding hydrogens is 319 g/mol. The molecule has 1 fully saturated rings. The summed E-state index contributed by atoms with van der Waals surface area (Å²) in [6.45, 7) is -0.456. The van der Waals surface area contributed by atoms with Crippen LogP contribution in [0.25, 0.3) is 11.2 Å². The van der Waals surface area contributed by atoms with Gasteiger partial charge in [-0.15, -0.1) is 0 Å². The zero-order chi connectivity index (χ0) is 15.9. The highest BCUT2D eigenvalue weighted by Gasteiger charge is 2.37. The Morgan fingerprint density at radius 3 is 3.00 bits per heavy atom. The molecule has 1 aliphatic heterocycles. The average molecular weight is 332 g/mol. The van der Waals surface area contributed by atoms with Crippen molar-refractivity contribution in [2.24, 2.45) is 0 Å². The first kappa shape index (κ1) is 15.3. The summed E-state index contributed by atoms with van der Waals surface area (Å²) in [6, 6.07) is 0. The van der Waals surface area contributed by atoms with Gasteiger partial charge in [0.05, 0.1) is 25.4 Å². The Balaban J connectivity index is 1.80. The molecule has 22 heavy (non-hydrogen) atoms. The van der Waals surface area contributed by atoms with Crippen LogP contribution in [-0.4, -0.2) is 53.2 Å². The van der Waals surface area contributed by atoms with E-state index < -0.39 is 38.4 Å². The summed E-state index contributed by atoms with van der Waals surface area (Å²) in [5.41, 5.74) is 0.0247. The third-order valence-electron chi connectivity index (χ3n) is 3.29. The van der Waals surface area contributed by atoms with E-state index in [-0.39, 0.29) is 17.6 Å². The Morgan fingerprint density at radius 2 is 2.27 bits per heavy atom. The quantitative estimate of drug-likeness (QED) is 0.508. The zero-order valence-electron chi connectivity index (χ0n) is 11.1. The van der Waals surface area contributed by atoms with Crippen LogP contribution < -0.4 is 5.56 Å². The van der Waals surface area contributed by atoms with E-state index in [0.29, 0.717) is 0 Å². The first-order chi connectivity index (χ1) is 10.3. The zero-order valence-corrected chi connectivity index (χ0v) is 12.0. The number of rotatable bonds is 4. The summed E-state index contributed by atoms with van der Waals surface area (Å²) in [5, 5.41) is 9.90. The summed E-state index contributed by atoms with van der Waals surface area (Å²) in [4.78, 5) is 39.3. The molecule has 120 valence electrons. The monoisotopic (exact) mass is 332 g/mol. The maximum absolute atomic E-state index is 11.6. The van der Waals surface area contributed by atoms with E-state index in [1.165, 1.54) is 17.2 Å². The highest BCUT2D eigenvalue weighted by atomic mass is 31.2. The second kappa shape index (κ2) is 5.54. The third kappa shape index (κ3) is 2.95. The minimum Gasteiger partial charge on any atom is -0.390 e. The van der Waals surface area contributed by atoms with E-state index in [0.717, 1.165) is 0 Å². The molecule has 4 N–H and O–H groups in total. The molecule has 0 aliphatic carbocycles. The molecule has 2 aromatic heterocycles. The first-order valence-corrected chi connectivity index (χ1v) is 7.82. The number of hydrogen-bond donors (Lipinski definition) is 4. The molecule has 0 amide bonds. The van der Waals surface area contributed by atoms with Gasteiger partial charge in [-0.1, -0.05) is 0 Å². The van der Waals surface area contributed by atoms with E-state index >= 15 is 0 Å². The van der Waals surface area contributed by atoms with Crippen molar-refractivity contribution in [1.82, 2.24) is 19.5 Å². The second-order valence-electron chi connectivity index (χ2n) is 4.77. The molecule has 12 heteroatoms. The number of aliphatic hydroxyl groups is 1. The predicted octanol–water partition coefficient (Wildman–Crippen LogP) is -1.12. The Labute approximate surface area is 122 Å². The lowest BCUT2D eigenvalue weighted by atomic mass is 10.2. The number of aromatic nitrogens is 4. The van der Waals surface area contributed by atoms with E-state index in [1.807, 2.05) is 0 Å². The molecule has 0 spiro atoms. The van der Waals surface area contributed by atoms with Gasteiger partial charge in [-0.25, -0.2) is 14.5 Å². The Morgan fingerprint density at radius 1 is 1.50 bits per heavy atom. The third-order valence-corrected chi connectivity index (χ3v) is 3.77. The number of hydrogen-bond acceptors (Lipinski definition) is 7. The molecule has 11 nitrogen and oxygen atoms in total. The van der Waals surface area contributed by atoms with E-state index in [9.17, 15) is 14.5 Å². The SMILES string of the molecule is O=c1[nH]cnc2c1ncn2[C@H]1CC(O)[C@@H](COP(=O)(O)O)O1. The van der Waals surface area contributed by atoms with Crippen LogP contribution in [0.15, 0.2) is 17.4 Å². The van der Waals surface area contributed by atoms with Gasteiger partial charge in [0.1, 0.15) is 12.3 Å². The summed E-state index contributed by atoms with van der Waals surface area (Å²) < 4.78 is 22.0. The smallest absolute Gasteiger partial charge is 0.390 e. The lowest BCUT2D eigenvalue weighted by Gasteiger charge is -2.16. The number of phosphoric acid groups is 1. The summed E-state index contributed by atoms with van der Waals surface area (Å²) in [7, 11) is -4.64. The highest BCUT2D eigenvalue weighted by molar-refractivity contribution is 7.46. The fourth-order valence-corrected chi connectivity index (χ4v) is 2.62. The lowest BCUT2D eigenvalue weighted by Crippen LogP contribution is -2.25. The van der Waals surface area contributed by atoms with Gasteiger partial charge < -0.3 is 24.6 Å². The highest BCUT2D eigenvalue weighted by Crippen LogP contribution is 2.38. The molecule has 2 aromatic rings. The van der Waals surface area contributed by atoms with Crippen molar-refractivity contribution in [2.45, 2.75) is 24.9 Å². The van der Waals surface area contributed by atoms with Gasteiger partial charge >= 0.3 is 7.82 Å². The Kier molecular flexibility index (Phi) is 3.85. The van der Waals surface area contributed by atoms with Crippen molar-refractivity contribution in [3.63, 3.8) is 0 Å². The number of nitrogens with zero attached hydrogens (tertiary/aromatic N) is 3. The van der Waals surface area contributed by atoms with Crippen molar-refractivity contribution >= 4 is 19.0 Å². The van der Waals surface area contributed by atoms with Gasteiger partial charge in [0.15, 0.2) is 11.2 Å². The molecule has 1 aliphatic rings. The fraction of sp³-hybridized carbons (Fsp3) is 0.500. The number of ether oxygens (including phenoxy) is 1. The van der Waals surface area contributed by atoms with Crippen LogP contribution >= 0.6 is 7.82 Å². The van der Waals surface area contributed by atoms with E-state index in [2.05, 4.69) is 19.5 Å². The van der Waals surface area contributed by atoms with Crippen molar-refractivity contribution in [3.05, 3.63) is 23.0 Å². The molecule has 3 atom stereocenters. The van der Waals surface area contributed by atoms with E-state index in [1.54, 1.807) is 0 Å². The van der Waals surface area contributed by atoms with Crippen LogP contribution in [0.1, 0.15) is 12.6 Å². The minimum atomic E-state index is -4.64. The topological polar surface area (TPSA) is 160 Å². The van der Waals surface area contributed by atoms with Crippen molar-refractivity contribution in [1.29, 1.82) is 0 Å².